The molecular weight excluding hydrogens is 293 g/mol. The molecular formula is C15H15ClFN3O. The summed E-state index contributed by atoms with van der Waals surface area (Å²) in [4.78, 5) is 17.7. The second kappa shape index (κ2) is 6.10. The number of hydrogen-bond donors (Lipinski definition) is 1. The topological polar surface area (TPSA) is 59.2 Å². The molecule has 2 aromatic rings. The summed E-state index contributed by atoms with van der Waals surface area (Å²) < 4.78 is 13.8. The van der Waals surface area contributed by atoms with E-state index in [1.165, 1.54) is 23.2 Å². The fourth-order valence-electron chi connectivity index (χ4n) is 2.01. The van der Waals surface area contributed by atoms with Crippen molar-refractivity contribution in [2.24, 2.45) is 0 Å². The standard InChI is InChI=1S/C15H15ClFN3O/c1-9(10-5-3-4-6-13(10)17)20(2)15(21)11-7-14(18)19-8-12(11)16/h3-9H,1-2H3,(H2,18,19). The number of hydrogen-bond acceptors (Lipinski definition) is 3. The Hall–Kier alpha value is -2.14. The molecule has 0 spiro atoms. The first-order valence-corrected chi connectivity index (χ1v) is 6.72. The third-order valence-electron chi connectivity index (χ3n) is 3.36. The predicted molar refractivity (Wildman–Crippen MR) is 80.6 cm³/mol. The van der Waals surface area contributed by atoms with Crippen molar-refractivity contribution in [3.05, 3.63) is 58.5 Å². The molecule has 1 amide bonds. The van der Waals surface area contributed by atoms with Crippen LogP contribution in [0.5, 0.6) is 0 Å². The molecule has 0 radical (unpaired) electrons. The van der Waals surface area contributed by atoms with E-state index in [2.05, 4.69) is 4.98 Å². The van der Waals surface area contributed by atoms with E-state index < -0.39 is 6.04 Å². The van der Waals surface area contributed by atoms with Crippen molar-refractivity contribution in [3.63, 3.8) is 0 Å². The van der Waals surface area contributed by atoms with Crippen molar-refractivity contribution in [2.45, 2.75) is 13.0 Å². The van der Waals surface area contributed by atoms with Crippen molar-refractivity contribution in [1.29, 1.82) is 0 Å². The molecule has 2 N–H and O–H groups in total. The molecule has 110 valence electrons. The van der Waals surface area contributed by atoms with Gasteiger partial charge in [0, 0.05) is 18.8 Å². The predicted octanol–water partition coefficient (Wildman–Crippen LogP) is 3.29. The van der Waals surface area contributed by atoms with Gasteiger partial charge in [0.15, 0.2) is 0 Å². The van der Waals surface area contributed by atoms with Gasteiger partial charge >= 0.3 is 0 Å². The van der Waals surface area contributed by atoms with Gasteiger partial charge in [-0.25, -0.2) is 9.37 Å². The van der Waals surface area contributed by atoms with Crippen LogP contribution in [0.1, 0.15) is 28.9 Å². The van der Waals surface area contributed by atoms with Gasteiger partial charge in [-0.3, -0.25) is 4.79 Å². The molecule has 0 aliphatic heterocycles. The number of nitrogens with zero attached hydrogens (tertiary/aromatic N) is 2. The summed E-state index contributed by atoms with van der Waals surface area (Å²) in [6.07, 6.45) is 1.33. The largest absolute Gasteiger partial charge is 0.384 e. The second-order valence-corrected chi connectivity index (χ2v) is 5.11. The number of pyridine rings is 1. The Bertz CT molecular complexity index is 678. The lowest BCUT2D eigenvalue weighted by molar-refractivity contribution is 0.0740. The number of rotatable bonds is 3. The maximum atomic E-state index is 13.8. The molecule has 0 aliphatic carbocycles. The molecule has 1 unspecified atom stereocenters. The molecule has 4 nitrogen and oxygen atoms in total. The summed E-state index contributed by atoms with van der Waals surface area (Å²) >= 11 is 5.98. The molecule has 2 rings (SSSR count). The number of amides is 1. The summed E-state index contributed by atoms with van der Waals surface area (Å²) in [6, 6.07) is 7.31. The number of anilines is 1. The smallest absolute Gasteiger partial charge is 0.255 e. The van der Waals surface area contributed by atoms with Crippen LogP contribution < -0.4 is 5.73 Å². The van der Waals surface area contributed by atoms with Gasteiger partial charge in [-0.05, 0) is 19.1 Å². The lowest BCUT2D eigenvalue weighted by Crippen LogP contribution is -2.30. The van der Waals surface area contributed by atoms with Gasteiger partial charge in [0.2, 0.25) is 0 Å². The zero-order valence-electron chi connectivity index (χ0n) is 11.7. The maximum absolute atomic E-state index is 13.8. The highest BCUT2D eigenvalue weighted by atomic mass is 35.5. The van der Waals surface area contributed by atoms with E-state index in [-0.39, 0.29) is 28.1 Å². The van der Waals surface area contributed by atoms with Crippen LogP contribution in [0.3, 0.4) is 0 Å². The van der Waals surface area contributed by atoms with Gasteiger partial charge in [-0.15, -0.1) is 0 Å². The van der Waals surface area contributed by atoms with Crippen molar-refractivity contribution < 1.29 is 9.18 Å². The number of carbonyl (C=O) groups excluding carboxylic acids is 1. The monoisotopic (exact) mass is 307 g/mol. The van der Waals surface area contributed by atoms with Gasteiger partial charge < -0.3 is 10.6 Å². The minimum Gasteiger partial charge on any atom is -0.384 e. The average Bonchev–Trinajstić information content (AvgIpc) is 2.48. The van der Waals surface area contributed by atoms with Crippen LogP contribution in [-0.4, -0.2) is 22.8 Å². The van der Waals surface area contributed by atoms with Crippen LogP contribution in [0.4, 0.5) is 10.2 Å². The molecule has 0 aliphatic rings. The van der Waals surface area contributed by atoms with Gasteiger partial charge in [0.1, 0.15) is 11.6 Å². The Morgan fingerprint density at radius 2 is 2.10 bits per heavy atom. The van der Waals surface area contributed by atoms with Crippen LogP contribution in [0.2, 0.25) is 5.02 Å². The second-order valence-electron chi connectivity index (χ2n) is 4.70. The number of carbonyl (C=O) groups is 1. The fourth-order valence-corrected chi connectivity index (χ4v) is 2.19. The molecule has 21 heavy (non-hydrogen) atoms. The van der Waals surface area contributed by atoms with Crippen LogP contribution in [0.15, 0.2) is 36.5 Å². The minimum atomic E-state index is -0.441. The highest BCUT2D eigenvalue weighted by molar-refractivity contribution is 6.33. The van der Waals surface area contributed by atoms with Gasteiger partial charge in [-0.2, -0.15) is 0 Å². The molecule has 0 fully saturated rings. The third-order valence-corrected chi connectivity index (χ3v) is 3.66. The molecule has 0 saturated carbocycles. The van der Waals surface area contributed by atoms with E-state index >= 15 is 0 Å². The number of nitrogen functional groups attached to an aromatic ring is 1. The Kier molecular flexibility index (Phi) is 4.43. The minimum absolute atomic E-state index is 0.203. The van der Waals surface area contributed by atoms with Gasteiger partial charge in [-0.1, -0.05) is 29.8 Å². The van der Waals surface area contributed by atoms with Gasteiger partial charge in [0.25, 0.3) is 5.91 Å². The molecule has 0 bridgehead atoms. The van der Waals surface area contributed by atoms with Crippen molar-refractivity contribution in [1.82, 2.24) is 9.88 Å². The molecule has 6 heteroatoms. The van der Waals surface area contributed by atoms with Crippen molar-refractivity contribution in [2.75, 3.05) is 12.8 Å². The first-order valence-electron chi connectivity index (χ1n) is 6.34. The van der Waals surface area contributed by atoms with E-state index in [0.717, 1.165) is 0 Å². The molecule has 1 heterocycles. The number of aromatic nitrogens is 1. The lowest BCUT2D eigenvalue weighted by atomic mass is 10.1. The normalized spacial score (nSPS) is 12.0. The SMILES string of the molecule is CC(c1ccccc1F)N(C)C(=O)c1cc(N)ncc1Cl. The summed E-state index contributed by atoms with van der Waals surface area (Å²) in [7, 11) is 1.59. The summed E-state index contributed by atoms with van der Waals surface area (Å²) in [5.74, 6) is -0.496. The van der Waals surface area contributed by atoms with E-state index in [4.69, 9.17) is 17.3 Å². The van der Waals surface area contributed by atoms with E-state index in [1.54, 1.807) is 32.2 Å². The molecule has 0 saturated heterocycles. The zero-order chi connectivity index (χ0) is 15.6. The van der Waals surface area contributed by atoms with E-state index in [0.29, 0.717) is 5.56 Å². The van der Waals surface area contributed by atoms with E-state index in [1.807, 2.05) is 0 Å². The third kappa shape index (κ3) is 3.13. The van der Waals surface area contributed by atoms with Crippen molar-refractivity contribution in [3.8, 4) is 0 Å². The molecule has 1 atom stereocenters. The maximum Gasteiger partial charge on any atom is 0.255 e. The first-order chi connectivity index (χ1) is 9.91. The van der Waals surface area contributed by atoms with Crippen LogP contribution in [-0.2, 0) is 0 Å². The summed E-state index contributed by atoms with van der Waals surface area (Å²) in [6.45, 7) is 1.74. The highest BCUT2D eigenvalue weighted by Gasteiger charge is 2.23. The number of nitrogens with two attached hydrogens (primary N) is 1. The summed E-state index contributed by atoms with van der Waals surface area (Å²) in [5.41, 5.74) is 6.26. The van der Waals surface area contributed by atoms with Crippen LogP contribution in [0, 0.1) is 5.82 Å². The lowest BCUT2D eigenvalue weighted by Gasteiger charge is -2.26. The number of halogens is 2. The Labute approximate surface area is 127 Å². The highest BCUT2D eigenvalue weighted by Crippen LogP contribution is 2.25. The number of benzene rings is 1. The Balaban J connectivity index is 2.31. The van der Waals surface area contributed by atoms with Crippen LogP contribution in [0.25, 0.3) is 0 Å². The Morgan fingerprint density at radius 3 is 2.76 bits per heavy atom. The fraction of sp³-hybridized carbons (Fsp3) is 0.200. The van der Waals surface area contributed by atoms with E-state index in [9.17, 15) is 9.18 Å². The molecule has 1 aromatic carbocycles. The van der Waals surface area contributed by atoms with Gasteiger partial charge in [0.05, 0.1) is 16.6 Å². The first kappa shape index (κ1) is 15.3. The van der Waals surface area contributed by atoms with Crippen molar-refractivity contribution >= 4 is 23.3 Å². The van der Waals surface area contributed by atoms with Crippen LogP contribution >= 0.6 is 11.6 Å². The Morgan fingerprint density at radius 1 is 1.43 bits per heavy atom. The zero-order valence-corrected chi connectivity index (χ0v) is 12.4. The quantitative estimate of drug-likeness (QED) is 0.946. The molecule has 1 aromatic heterocycles. The summed E-state index contributed by atoms with van der Waals surface area (Å²) in [5, 5.41) is 0.210. The average molecular weight is 308 g/mol.